The smallest absolute Gasteiger partial charge is 0.133 e. The summed E-state index contributed by atoms with van der Waals surface area (Å²) in [6, 6.07) is 3.64. The van der Waals surface area contributed by atoms with Gasteiger partial charge in [0.25, 0.3) is 0 Å². The Morgan fingerprint density at radius 2 is 2.17 bits per heavy atom. The molecule has 1 N–H and O–H groups in total. The van der Waals surface area contributed by atoms with Crippen LogP contribution in [0.4, 0.5) is 0 Å². The van der Waals surface area contributed by atoms with Gasteiger partial charge in [0, 0.05) is 11.1 Å². The second kappa shape index (κ2) is 2.47. The van der Waals surface area contributed by atoms with Gasteiger partial charge in [0.2, 0.25) is 0 Å². The van der Waals surface area contributed by atoms with E-state index in [4.69, 9.17) is 5.11 Å². The van der Waals surface area contributed by atoms with Crippen molar-refractivity contribution in [2.24, 2.45) is 0 Å². The molecule has 0 unspecified atom stereocenters. The molecule has 2 rings (SSSR count). The van der Waals surface area contributed by atoms with Crippen LogP contribution in [0.25, 0.3) is 0 Å². The van der Waals surface area contributed by atoms with E-state index in [1.54, 1.807) is 6.07 Å². The third-order valence-electron chi connectivity index (χ3n) is 2.82. The number of aromatic nitrogens is 1. The highest BCUT2D eigenvalue weighted by Gasteiger charge is 2.34. The molecule has 1 saturated carbocycles. The average Bonchev–Trinajstić information content (AvgIpc) is 2.02. The van der Waals surface area contributed by atoms with Crippen LogP contribution < -0.4 is 0 Å². The lowest BCUT2D eigenvalue weighted by Gasteiger charge is -2.37. The summed E-state index contributed by atoms with van der Waals surface area (Å²) in [5, 5.41) is 9.05. The molecule has 0 amide bonds. The van der Waals surface area contributed by atoms with Crippen LogP contribution >= 0.6 is 0 Å². The van der Waals surface area contributed by atoms with Crippen molar-refractivity contribution in [3.63, 3.8) is 0 Å². The molecule has 0 saturated heterocycles. The van der Waals surface area contributed by atoms with Crippen LogP contribution in [0.3, 0.4) is 0 Å². The molecule has 12 heavy (non-hydrogen) atoms. The first-order chi connectivity index (χ1) is 5.71. The molecular weight excluding hydrogens is 150 g/mol. The standard InChI is InChI=1S/C10H13NO/c1-10(5-2-6-10)9-4-3-8(12)7-11-9/h3-4,7,12H,2,5-6H2,1H3. The Bertz CT molecular complexity index is 274. The molecule has 0 radical (unpaired) electrons. The van der Waals surface area contributed by atoms with Crippen molar-refractivity contribution in [2.45, 2.75) is 31.6 Å². The number of nitrogens with zero attached hydrogens (tertiary/aromatic N) is 1. The molecule has 1 aromatic rings. The first-order valence-electron chi connectivity index (χ1n) is 4.36. The second-order valence-corrected chi connectivity index (χ2v) is 3.82. The summed E-state index contributed by atoms with van der Waals surface area (Å²) in [5.41, 5.74) is 1.40. The third kappa shape index (κ3) is 1.07. The van der Waals surface area contributed by atoms with Crippen molar-refractivity contribution < 1.29 is 5.11 Å². The zero-order valence-corrected chi connectivity index (χ0v) is 7.25. The Balaban J connectivity index is 2.28. The van der Waals surface area contributed by atoms with E-state index < -0.39 is 0 Å². The Labute approximate surface area is 72.3 Å². The fourth-order valence-electron chi connectivity index (χ4n) is 1.71. The van der Waals surface area contributed by atoms with Crippen LogP contribution in [0.1, 0.15) is 31.9 Å². The number of pyridine rings is 1. The summed E-state index contributed by atoms with van der Waals surface area (Å²) in [6.07, 6.45) is 5.29. The van der Waals surface area contributed by atoms with Crippen molar-refractivity contribution in [2.75, 3.05) is 0 Å². The minimum atomic E-state index is 0.252. The molecule has 0 atom stereocenters. The summed E-state index contributed by atoms with van der Waals surface area (Å²) < 4.78 is 0. The molecule has 2 heteroatoms. The lowest BCUT2D eigenvalue weighted by atomic mass is 9.68. The van der Waals surface area contributed by atoms with Crippen molar-refractivity contribution >= 4 is 0 Å². The second-order valence-electron chi connectivity index (χ2n) is 3.82. The summed E-state index contributed by atoms with van der Waals surface area (Å²) in [6.45, 7) is 2.23. The molecule has 0 spiro atoms. The Hall–Kier alpha value is -1.05. The van der Waals surface area contributed by atoms with E-state index in [0.29, 0.717) is 0 Å². The summed E-state index contributed by atoms with van der Waals surface area (Å²) in [5.74, 6) is 0.252. The molecule has 0 aromatic carbocycles. The van der Waals surface area contributed by atoms with Crippen molar-refractivity contribution in [1.82, 2.24) is 4.98 Å². The Morgan fingerprint density at radius 1 is 1.42 bits per heavy atom. The number of rotatable bonds is 1. The van der Waals surface area contributed by atoms with E-state index in [1.807, 2.05) is 6.07 Å². The van der Waals surface area contributed by atoms with E-state index in [1.165, 1.54) is 25.5 Å². The predicted molar refractivity (Wildman–Crippen MR) is 47.1 cm³/mol. The molecule has 64 valence electrons. The predicted octanol–water partition coefficient (Wildman–Crippen LogP) is 2.23. The van der Waals surface area contributed by atoms with Gasteiger partial charge in [-0.05, 0) is 25.0 Å². The van der Waals surface area contributed by atoms with Gasteiger partial charge in [0.05, 0.1) is 6.20 Å². The minimum Gasteiger partial charge on any atom is -0.506 e. The number of hydrogen-bond acceptors (Lipinski definition) is 2. The van der Waals surface area contributed by atoms with Gasteiger partial charge in [-0.15, -0.1) is 0 Å². The van der Waals surface area contributed by atoms with E-state index >= 15 is 0 Å². The summed E-state index contributed by atoms with van der Waals surface area (Å²) in [4.78, 5) is 4.22. The van der Waals surface area contributed by atoms with E-state index in [-0.39, 0.29) is 11.2 Å². The van der Waals surface area contributed by atoms with E-state index in [2.05, 4.69) is 11.9 Å². The highest BCUT2D eigenvalue weighted by molar-refractivity contribution is 5.24. The lowest BCUT2D eigenvalue weighted by molar-refractivity contribution is 0.264. The first-order valence-corrected chi connectivity index (χ1v) is 4.36. The maximum Gasteiger partial charge on any atom is 0.133 e. The van der Waals surface area contributed by atoms with Crippen LogP contribution in [0.5, 0.6) is 5.75 Å². The molecule has 1 fully saturated rings. The quantitative estimate of drug-likeness (QED) is 0.688. The van der Waals surface area contributed by atoms with E-state index in [9.17, 15) is 0 Å². The molecule has 1 aliphatic carbocycles. The van der Waals surface area contributed by atoms with Crippen LogP contribution in [-0.4, -0.2) is 10.1 Å². The SMILES string of the molecule is CC1(c2ccc(O)cn2)CCC1. The van der Waals surface area contributed by atoms with Crippen molar-refractivity contribution in [3.8, 4) is 5.75 Å². The zero-order valence-electron chi connectivity index (χ0n) is 7.25. The molecular formula is C10H13NO. The highest BCUT2D eigenvalue weighted by Crippen LogP contribution is 2.42. The fourth-order valence-corrected chi connectivity index (χ4v) is 1.71. The summed E-state index contributed by atoms with van der Waals surface area (Å²) >= 11 is 0. The molecule has 1 aromatic heterocycles. The van der Waals surface area contributed by atoms with Crippen LogP contribution in [0.15, 0.2) is 18.3 Å². The van der Waals surface area contributed by atoms with Gasteiger partial charge in [-0.3, -0.25) is 4.98 Å². The average molecular weight is 163 g/mol. The van der Waals surface area contributed by atoms with Crippen LogP contribution in [-0.2, 0) is 5.41 Å². The van der Waals surface area contributed by atoms with Crippen molar-refractivity contribution in [1.29, 1.82) is 0 Å². The molecule has 1 heterocycles. The lowest BCUT2D eigenvalue weighted by Crippen LogP contribution is -2.31. The van der Waals surface area contributed by atoms with Gasteiger partial charge in [0.1, 0.15) is 5.75 Å². The maximum atomic E-state index is 9.05. The fraction of sp³-hybridized carbons (Fsp3) is 0.500. The van der Waals surface area contributed by atoms with Gasteiger partial charge in [-0.2, -0.15) is 0 Å². The number of hydrogen-bond donors (Lipinski definition) is 1. The number of aromatic hydroxyl groups is 1. The molecule has 1 aliphatic rings. The van der Waals surface area contributed by atoms with Crippen LogP contribution in [0.2, 0.25) is 0 Å². The van der Waals surface area contributed by atoms with Crippen LogP contribution in [0, 0.1) is 0 Å². The van der Waals surface area contributed by atoms with Gasteiger partial charge < -0.3 is 5.11 Å². The molecule has 0 bridgehead atoms. The Kier molecular flexibility index (Phi) is 1.56. The van der Waals surface area contributed by atoms with Gasteiger partial charge in [0.15, 0.2) is 0 Å². The first kappa shape index (κ1) is 7.59. The maximum absolute atomic E-state index is 9.05. The van der Waals surface area contributed by atoms with Crippen molar-refractivity contribution in [3.05, 3.63) is 24.0 Å². The van der Waals surface area contributed by atoms with Gasteiger partial charge in [-0.25, -0.2) is 0 Å². The van der Waals surface area contributed by atoms with Gasteiger partial charge >= 0.3 is 0 Å². The van der Waals surface area contributed by atoms with E-state index in [0.717, 1.165) is 5.69 Å². The normalized spacial score (nSPS) is 20.1. The third-order valence-corrected chi connectivity index (χ3v) is 2.82. The monoisotopic (exact) mass is 163 g/mol. The highest BCUT2D eigenvalue weighted by atomic mass is 16.3. The Morgan fingerprint density at radius 3 is 2.58 bits per heavy atom. The zero-order chi connectivity index (χ0) is 8.60. The largest absolute Gasteiger partial charge is 0.506 e. The molecule has 2 nitrogen and oxygen atoms in total. The molecule has 0 aliphatic heterocycles. The topological polar surface area (TPSA) is 33.1 Å². The minimum absolute atomic E-state index is 0.252. The summed E-state index contributed by atoms with van der Waals surface area (Å²) in [7, 11) is 0. The van der Waals surface area contributed by atoms with Gasteiger partial charge in [-0.1, -0.05) is 13.3 Å².